The molecule has 0 aromatic carbocycles. The topological polar surface area (TPSA) is 143 Å². The average molecular weight is 396 g/mol. The van der Waals surface area contributed by atoms with Crippen LogP contribution in [0, 0.1) is 4.91 Å². The third-order valence-corrected chi connectivity index (χ3v) is 5.11. The van der Waals surface area contributed by atoms with Gasteiger partial charge in [-0.25, -0.2) is 4.79 Å². The number of aliphatic hydroxyl groups excluding tert-OH is 4. The molecule has 26 heavy (non-hydrogen) atoms. The summed E-state index contributed by atoms with van der Waals surface area (Å²) >= 11 is 5.61. The van der Waals surface area contributed by atoms with Gasteiger partial charge < -0.3 is 25.2 Å². The lowest BCUT2D eigenvalue weighted by atomic mass is 9.92. The molecule has 4 N–H and O–H groups in total. The van der Waals surface area contributed by atoms with E-state index >= 15 is 0 Å². The van der Waals surface area contributed by atoms with Crippen molar-refractivity contribution >= 4 is 17.6 Å². The van der Waals surface area contributed by atoms with Crippen LogP contribution in [0.4, 0.5) is 4.79 Å². The van der Waals surface area contributed by atoms with E-state index in [1.54, 1.807) is 0 Å². The summed E-state index contributed by atoms with van der Waals surface area (Å²) in [6, 6.07) is -1.13. The lowest BCUT2D eigenvalue weighted by Gasteiger charge is -2.48. The van der Waals surface area contributed by atoms with Crippen LogP contribution >= 0.6 is 11.6 Å². The van der Waals surface area contributed by atoms with E-state index < -0.39 is 43.3 Å². The maximum absolute atomic E-state index is 12.9. The van der Waals surface area contributed by atoms with E-state index in [0.717, 1.165) is 19.3 Å². The van der Waals surface area contributed by atoms with Gasteiger partial charge in [0.2, 0.25) is 0 Å². The van der Waals surface area contributed by atoms with Crippen molar-refractivity contribution in [2.24, 2.45) is 5.29 Å². The van der Waals surface area contributed by atoms with Crippen molar-refractivity contribution in [3.8, 4) is 0 Å². The number of nitrogens with zero attached hydrogens (tertiary/aromatic N) is 3. The van der Waals surface area contributed by atoms with Gasteiger partial charge in [0.05, 0.1) is 18.4 Å². The molecule has 1 saturated carbocycles. The second-order valence-electron chi connectivity index (χ2n) is 6.59. The van der Waals surface area contributed by atoms with Crippen molar-refractivity contribution in [2.75, 3.05) is 19.0 Å². The first-order valence-corrected chi connectivity index (χ1v) is 9.29. The Morgan fingerprint density at radius 1 is 1.12 bits per heavy atom. The third-order valence-electron chi connectivity index (χ3n) is 4.95. The van der Waals surface area contributed by atoms with Gasteiger partial charge in [-0.1, -0.05) is 19.3 Å². The van der Waals surface area contributed by atoms with Crippen LogP contribution in [0.25, 0.3) is 0 Å². The van der Waals surface area contributed by atoms with Crippen LogP contribution in [-0.2, 0) is 4.74 Å². The lowest BCUT2D eigenvalue weighted by Crippen LogP contribution is -2.66. The molecular formula is C15H26ClN3O7. The molecule has 2 amide bonds. The van der Waals surface area contributed by atoms with E-state index in [1.807, 2.05) is 0 Å². The van der Waals surface area contributed by atoms with E-state index in [-0.39, 0.29) is 18.5 Å². The number of urea groups is 1. The van der Waals surface area contributed by atoms with Gasteiger partial charge in [-0.3, -0.25) is 4.90 Å². The summed E-state index contributed by atoms with van der Waals surface area (Å²) in [6.07, 6.45) is -3.25. The molecule has 0 spiro atoms. The first-order chi connectivity index (χ1) is 12.5. The highest BCUT2D eigenvalue weighted by molar-refractivity contribution is 6.18. The summed E-state index contributed by atoms with van der Waals surface area (Å²) in [7, 11) is 0. The first kappa shape index (κ1) is 21.3. The molecule has 1 aliphatic carbocycles. The molecule has 0 radical (unpaired) electrons. The number of carbonyl (C=O) groups excluding carboxylic acids is 1. The molecule has 2 aliphatic rings. The van der Waals surface area contributed by atoms with Gasteiger partial charge in [0.1, 0.15) is 24.4 Å². The van der Waals surface area contributed by atoms with Crippen molar-refractivity contribution < 1.29 is 30.0 Å². The van der Waals surface area contributed by atoms with Crippen molar-refractivity contribution in [1.82, 2.24) is 9.91 Å². The number of hydrogen-bond donors (Lipinski definition) is 4. The predicted octanol–water partition coefficient (Wildman–Crippen LogP) is -0.237. The minimum atomic E-state index is -1.62. The summed E-state index contributed by atoms with van der Waals surface area (Å²) in [5.41, 5.74) is 0. The van der Waals surface area contributed by atoms with Gasteiger partial charge in [0.15, 0.2) is 6.23 Å². The largest absolute Gasteiger partial charge is 0.394 e. The quantitative estimate of drug-likeness (QED) is 0.276. The fourth-order valence-electron chi connectivity index (χ4n) is 3.53. The zero-order chi connectivity index (χ0) is 19.3. The third kappa shape index (κ3) is 4.44. The maximum Gasteiger partial charge on any atom is 0.345 e. The Balaban J connectivity index is 2.32. The molecule has 0 aromatic heterocycles. The predicted molar refractivity (Wildman–Crippen MR) is 91.1 cm³/mol. The van der Waals surface area contributed by atoms with Gasteiger partial charge in [0.25, 0.3) is 0 Å². The monoisotopic (exact) mass is 395 g/mol. The summed E-state index contributed by atoms with van der Waals surface area (Å²) in [5, 5.41) is 43.1. The van der Waals surface area contributed by atoms with Gasteiger partial charge in [0, 0.05) is 11.9 Å². The maximum atomic E-state index is 12.9. The Morgan fingerprint density at radius 3 is 2.31 bits per heavy atom. The number of alkyl halides is 1. The number of halogens is 1. The van der Waals surface area contributed by atoms with Crippen molar-refractivity contribution in [3.63, 3.8) is 0 Å². The Morgan fingerprint density at radius 2 is 1.77 bits per heavy atom. The molecule has 2 rings (SSSR count). The molecule has 10 nitrogen and oxygen atoms in total. The number of ether oxygens (including phenoxy) is 1. The Labute approximate surface area is 156 Å². The van der Waals surface area contributed by atoms with Crippen molar-refractivity contribution in [2.45, 2.75) is 68.8 Å². The Bertz CT molecular complexity index is 478. The number of amides is 2. The fraction of sp³-hybridized carbons (Fsp3) is 0.933. The van der Waals surface area contributed by atoms with Gasteiger partial charge >= 0.3 is 6.03 Å². The highest BCUT2D eigenvalue weighted by Gasteiger charge is 2.49. The Hall–Kier alpha value is -1.04. The number of rotatable bonds is 6. The normalized spacial score (nSPS) is 32.9. The van der Waals surface area contributed by atoms with Gasteiger partial charge in [-0.05, 0) is 12.8 Å². The SMILES string of the molecule is O=NN(CCCl)C(=O)N(C1CCCCC1)[C@@H]1O[C@H](CO)[C@H](O)[C@H](O)[C@H]1O. The molecule has 2 fully saturated rings. The molecule has 11 heteroatoms. The molecule has 0 bridgehead atoms. The average Bonchev–Trinajstić information content (AvgIpc) is 2.67. The summed E-state index contributed by atoms with van der Waals surface area (Å²) < 4.78 is 5.53. The second-order valence-corrected chi connectivity index (χ2v) is 6.97. The summed E-state index contributed by atoms with van der Waals surface area (Å²) in [5.74, 6) is -0.00926. The number of nitroso groups, excluding NO2 is 1. The minimum Gasteiger partial charge on any atom is -0.394 e. The molecule has 0 unspecified atom stereocenters. The van der Waals surface area contributed by atoms with E-state index in [4.69, 9.17) is 16.3 Å². The van der Waals surface area contributed by atoms with E-state index in [9.17, 15) is 30.1 Å². The number of hydrogen-bond acceptors (Lipinski definition) is 8. The van der Waals surface area contributed by atoms with Crippen LogP contribution < -0.4 is 0 Å². The summed E-state index contributed by atoms with van der Waals surface area (Å²) in [6.45, 7) is -0.726. The van der Waals surface area contributed by atoms with E-state index in [1.165, 1.54) is 4.90 Å². The van der Waals surface area contributed by atoms with Crippen LogP contribution in [-0.4, -0.2) is 92.1 Å². The number of aliphatic hydroxyl groups is 4. The minimum absolute atomic E-state index is 0.00926. The zero-order valence-corrected chi connectivity index (χ0v) is 15.1. The second kappa shape index (κ2) is 9.77. The van der Waals surface area contributed by atoms with E-state index in [0.29, 0.717) is 17.9 Å². The number of carbonyl (C=O) groups is 1. The van der Waals surface area contributed by atoms with Crippen LogP contribution in [0.3, 0.4) is 0 Å². The molecule has 0 aromatic rings. The first-order valence-electron chi connectivity index (χ1n) is 8.75. The fourth-order valence-corrected chi connectivity index (χ4v) is 3.69. The lowest BCUT2D eigenvalue weighted by molar-refractivity contribution is -0.263. The highest BCUT2D eigenvalue weighted by atomic mass is 35.5. The van der Waals surface area contributed by atoms with Crippen LogP contribution in [0.2, 0.25) is 0 Å². The standard InChI is InChI=1S/C15H26ClN3O7/c16-6-7-18(17-25)15(24)19(9-4-2-1-3-5-9)14-13(23)12(22)11(21)10(8-20)26-14/h9-14,20-23H,1-8H2/t10-,11+,12+,13-,14-/m1/s1. The highest BCUT2D eigenvalue weighted by Crippen LogP contribution is 2.31. The summed E-state index contributed by atoms with van der Waals surface area (Å²) in [4.78, 5) is 25.1. The Kier molecular flexibility index (Phi) is 7.99. The molecule has 150 valence electrons. The molecule has 1 heterocycles. The molecule has 5 atom stereocenters. The van der Waals surface area contributed by atoms with E-state index in [2.05, 4.69) is 5.29 Å². The van der Waals surface area contributed by atoms with Gasteiger partial charge in [-0.15, -0.1) is 16.5 Å². The molecule has 1 aliphatic heterocycles. The van der Waals surface area contributed by atoms with Crippen molar-refractivity contribution in [1.29, 1.82) is 0 Å². The van der Waals surface area contributed by atoms with Crippen LogP contribution in [0.5, 0.6) is 0 Å². The van der Waals surface area contributed by atoms with Crippen LogP contribution in [0.15, 0.2) is 5.29 Å². The molecular weight excluding hydrogens is 370 g/mol. The van der Waals surface area contributed by atoms with Crippen LogP contribution in [0.1, 0.15) is 32.1 Å². The van der Waals surface area contributed by atoms with Gasteiger partial charge in [-0.2, -0.15) is 5.01 Å². The van der Waals surface area contributed by atoms with Crippen molar-refractivity contribution in [3.05, 3.63) is 4.91 Å². The molecule has 1 saturated heterocycles. The smallest absolute Gasteiger partial charge is 0.345 e. The zero-order valence-electron chi connectivity index (χ0n) is 14.4.